The lowest BCUT2D eigenvalue weighted by molar-refractivity contribution is -0.141. The zero-order chi connectivity index (χ0) is 27.6. The first-order chi connectivity index (χ1) is 18.0. The third-order valence-electron chi connectivity index (χ3n) is 5.94. The Balaban J connectivity index is 1.52. The van der Waals surface area contributed by atoms with E-state index in [0.29, 0.717) is 26.2 Å². The molecule has 1 aliphatic rings. The van der Waals surface area contributed by atoms with Crippen LogP contribution in [0.5, 0.6) is 0 Å². The van der Waals surface area contributed by atoms with Gasteiger partial charge in [-0.2, -0.15) is 23.5 Å². The number of aromatic nitrogens is 4. The van der Waals surface area contributed by atoms with Crippen LogP contribution in [0.2, 0.25) is 5.02 Å². The fraction of sp³-hybridized carbons (Fsp3) is 0.304. The zero-order valence-corrected chi connectivity index (χ0v) is 20.6. The Labute approximate surface area is 219 Å². The molecule has 1 saturated heterocycles. The van der Waals surface area contributed by atoms with Crippen molar-refractivity contribution >= 4 is 35.5 Å². The summed E-state index contributed by atoms with van der Waals surface area (Å²) >= 11 is 6.31. The third-order valence-corrected chi connectivity index (χ3v) is 6.25. The Morgan fingerprint density at radius 3 is 2.55 bits per heavy atom. The number of nitrogens with one attached hydrogen (secondary N) is 1. The molecule has 0 radical (unpaired) electrons. The number of nitrogens with zero attached hydrogens (tertiary/aromatic N) is 7. The van der Waals surface area contributed by atoms with Crippen LogP contribution in [0, 0.1) is 11.3 Å². The number of alkyl halides is 3. The minimum absolute atomic E-state index is 0.0275. The minimum atomic E-state index is -4.79. The van der Waals surface area contributed by atoms with Crippen LogP contribution in [0.3, 0.4) is 0 Å². The molecule has 4 rings (SSSR count). The Hall–Kier alpha value is -4.38. The van der Waals surface area contributed by atoms with Crippen molar-refractivity contribution in [3.05, 3.63) is 52.7 Å². The lowest BCUT2D eigenvalue weighted by Gasteiger charge is -2.32. The largest absolute Gasteiger partial charge is 0.435 e. The first-order valence-electron chi connectivity index (χ1n) is 11.2. The summed E-state index contributed by atoms with van der Waals surface area (Å²) in [6.07, 6.45) is -1.88. The molecule has 0 unspecified atom stereocenters. The molecule has 1 fully saturated rings. The molecule has 0 saturated carbocycles. The highest BCUT2D eigenvalue weighted by Gasteiger charge is 2.38. The molecule has 1 aromatic carbocycles. The van der Waals surface area contributed by atoms with Crippen LogP contribution >= 0.6 is 11.6 Å². The van der Waals surface area contributed by atoms with Gasteiger partial charge in [0, 0.05) is 45.1 Å². The molecule has 3 amide bonds. The first-order valence-corrected chi connectivity index (χ1v) is 11.5. The van der Waals surface area contributed by atoms with Gasteiger partial charge in [0.2, 0.25) is 6.41 Å². The highest BCUT2D eigenvalue weighted by molar-refractivity contribution is 6.34. The van der Waals surface area contributed by atoms with E-state index in [4.69, 9.17) is 16.9 Å². The summed E-state index contributed by atoms with van der Waals surface area (Å²) in [6.45, 7) is 1.16. The molecule has 1 N–H and O–H groups in total. The standard InChI is InChI=1S/C23H20ClF3N8O3/c1-32-18(16-12-35(5-4-28)31-19(16)23(25,26)27)11-29-20(32)21(37)30-14-2-3-15(17(24)10-14)22(38)34-8-6-33(13-36)7-9-34/h2-3,10-13H,5-9H2,1H3,(H,30,37). The van der Waals surface area contributed by atoms with Gasteiger partial charge in [0.1, 0.15) is 6.54 Å². The summed E-state index contributed by atoms with van der Waals surface area (Å²) in [5.41, 5.74) is -1.11. The number of amides is 3. The molecular weight excluding hydrogens is 529 g/mol. The van der Waals surface area contributed by atoms with Crippen LogP contribution in [-0.2, 0) is 24.6 Å². The van der Waals surface area contributed by atoms with Gasteiger partial charge >= 0.3 is 6.18 Å². The number of carbonyl (C=O) groups is 3. The molecule has 0 spiro atoms. The van der Waals surface area contributed by atoms with E-state index in [2.05, 4.69) is 15.4 Å². The van der Waals surface area contributed by atoms with E-state index in [-0.39, 0.29) is 45.8 Å². The van der Waals surface area contributed by atoms with E-state index in [9.17, 15) is 27.6 Å². The predicted molar refractivity (Wildman–Crippen MR) is 128 cm³/mol. The molecule has 11 nitrogen and oxygen atoms in total. The topological polar surface area (TPSA) is 129 Å². The number of benzene rings is 1. The summed E-state index contributed by atoms with van der Waals surface area (Å²) in [4.78, 5) is 43.7. The normalized spacial score (nSPS) is 13.8. The van der Waals surface area contributed by atoms with Crippen LogP contribution in [0.25, 0.3) is 11.3 Å². The summed E-state index contributed by atoms with van der Waals surface area (Å²) < 4.78 is 42.6. The number of carbonyl (C=O) groups excluding carboxylic acids is 3. The summed E-state index contributed by atoms with van der Waals surface area (Å²) in [6, 6.07) is 6.03. The van der Waals surface area contributed by atoms with Crippen LogP contribution in [0.1, 0.15) is 26.7 Å². The van der Waals surface area contributed by atoms with Crippen molar-refractivity contribution in [3.8, 4) is 17.3 Å². The lowest BCUT2D eigenvalue weighted by atomic mass is 10.1. The molecule has 1 aliphatic heterocycles. The smallest absolute Gasteiger partial charge is 0.342 e. The molecule has 0 atom stereocenters. The molecule has 3 heterocycles. The summed E-state index contributed by atoms with van der Waals surface area (Å²) in [5, 5.41) is 14.9. The van der Waals surface area contributed by atoms with Crippen molar-refractivity contribution < 1.29 is 27.6 Å². The van der Waals surface area contributed by atoms with Gasteiger partial charge in [-0.05, 0) is 18.2 Å². The van der Waals surface area contributed by atoms with Crippen molar-refractivity contribution in [3.63, 3.8) is 0 Å². The van der Waals surface area contributed by atoms with Crippen LogP contribution in [-0.4, -0.2) is 73.5 Å². The molecule has 15 heteroatoms. The molecule has 2 aromatic heterocycles. The highest BCUT2D eigenvalue weighted by atomic mass is 35.5. The number of hydrogen-bond donors (Lipinski definition) is 1. The monoisotopic (exact) mass is 548 g/mol. The average molecular weight is 549 g/mol. The lowest BCUT2D eigenvalue weighted by Crippen LogP contribution is -2.48. The van der Waals surface area contributed by atoms with Gasteiger partial charge in [-0.25, -0.2) is 4.98 Å². The Morgan fingerprint density at radius 2 is 1.95 bits per heavy atom. The minimum Gasteiger partial charge on any atom is -0.342 e. The number of piperazine rings is 1. The number of halogens is 4. The average Bonchev–Trinajstić information content (AvgIpc) is 3.47. The van der Waals surface area contributed by atoms with Crippen molar-refractivity contribution in [1.82, 2.24) is 29.1 Å². The highest BCUT2D eigenvalue weighted by Crippen LogP contribution is 2.36. The first kappa shape index (κ1) is 26.7. The van der Waals surface area contributed by atoms with Gasteiger partial charge in [0.15, 0.2) is 11.5 Å². The second-order valence-corrected chi connectivity index (χ2v) is 8.76. The molecule has 3 aromatic rings. The molecular formula is C23H20ClF3N8O3. The number of anilines is 1. The van der Waals surface area contributed by atoms with E-state index in [1.807, 2.05) is 0 Å². The predicted octanol–water partition coefficient (Wildman–Crippen LogP) is 2.65. The van der Waals surface area contributed by atoms with E-state index in [1.54, 1.807) is 15.9 Å². The number of rotatable bonds is 6. The molecule has 38 heavy (non-hydrogen) atoms. The van der Waals surface area contributed by atoms with E-state index in [1.165, 1.54) is 29.8 Å². The SMILES string of the molecule is Cn1c(-c2cn(CC#N)nc2C(F)(F)F)cnc1C(=O)Nc1ccc(C(=O)N2CCN(C=O)CC2)c(Cl)c1. The van der Waals surface area contributed by atoms with Crippen LogP contribution in [0.4, 0.5) is 18.9 Å². The van der Waals surface area contributed by atoms with Crippen molar-refractivity contribution in [1.29, 1.82) is 5.26 Å². The van der Waals surface area contributed by atoms with Gasteiger partial charge in [-0.3, -0.25) is 19.1 Å². The zero-order valence-electron chi connectivity index (χ0n) is 19.9. The Morgan fingerprint density at radius 1 is 1.24 bits per heavy atom. The molecule has 198 valence electrons. The Kier molecular flexibility index (Phi) is 7.40. The van der Waals surface area contributed by atoms with Crippen LogP contribution < -0.4 is 5.32 Å². The maximum atomic E-state index is 13.5. The quantitative estimate of drug-likeness (QED) is 0.472. The summed E-state index contributed by atoms with van der Waals surface area (Å²) in [5.74, 6) is -1.23. The van der Waals surface area contributed by atoms with Crippen molar-refractivity contribution in [2.24, 2.45) is 7.05 Å². The second kappa shape index (κ2) is 10.5. The second-order valence-electron chi connectivity index (χ2n) is 8.35. The van der Waals surface area contributed by atoms with Gasteiger partial charge in [-0.15, -0.1) is 0 Å². The summed E-state index contributed by atoms with van der Waals surface area (Å²) in [7, 11) is 1.37. The fourth-order valence-electron chi connectivity index (χ4n) is 4.00. The number of imidazole rings is 1. The van der Waals surface area contributed by atoms with Gasteiger partial charge < -0.3 is 19.7 Å². The maximum absolute atomic E-state index is 13.5. The van der Waals surface area contributed by atoms with E-state index in [0.717, 1.165) is 23.5 Å². The maximum Gasteiger partial charge on any atom is 0.435 e. The van der Waals surface area contributed by atoms with E-state index < -0.39 is 17.8 Å². The Bertz CT molecular complexity index is 1430. The number of nitriles is 1. The van der Waals surface area contributed by atoms with Gasteiger partial charge in [0.05, 0.1) is 34.1 Å². The molecule has 0 bridgehead atoms. The van der Waals surface area contributed by atoms with Crippen LogP contribution in [0.15, 0.2) is 30.6 Å². The van der Waals surface area contributed by atoms with Crippen molar-refractivity contribution in [2.75, 3.05) is 31.5 Å². The fourth-order valence-corrected chi connectivity index (χ4v) is 4.26. The molecule has 0 aliphatic carbocycles. The van der Waals surface area contributed by atoms with Gasteiger partial charge in [-0.1, -0.05) is 11.6 Å². The van der Waals surface area contributed by atoms with Gasteiger partial charge in [0.25, 0.3) is 11.8 Å². The third kappa shape index (κ3) is 5.32. The number of hydrogen-bond acceptors (Lipinski definition) is 6. The van der Waals surface area contributed by atoms with E-state index >= 15 is 0 Å². The van der Waals surface area contributed by atoms with Crippen molar-refractivity contribution in [2.45, 2.75) is 12.7 Å².